The number of non-ortho nitro benzene ring substituents is 1. The first-order chi connectivity index (χ1) is 14.2. The van der Waals surface area contributed by atoms with Gasteiger partial charge in [0.1, 0.15) is 5.75 Å². The van der Waals surface area contributed by atoms with Gasteiger partial charge in [0, 0.05) is 17.8 Å². The molecule has 30 heavy (non-hydrogen) atoms. The lowest BCUT2D eigenvalue weighted by Crippen LogP contribution is -2.42. The minimum Gasteiger partial charge on any atom is -0.490 e. The van der Waals surface area contributed by atoms with Crippen molar-refractivity contribution in [1.29, 1.82) is 0 Å². The molecule has 0 unspecified atom stereocenters. The van der Waals surface area contributed by atoms with E-state index in [4.69, 9.17) is 4.74 Å². The van der Waals surface area contributed by atoms with Gasteiger partial charge in [0.15, 0.2) is 0 Å². The van der Waals surface area contributed by atoms with Gasteiger partial charge in [-0.2, -0.15) is 0 Å². The third-order valence-electron chi connectivity index (χ3n) is 5.84. The Bertz CT molecular complexity index is 906. The summed E-state index contributed by atoms with van der Waals surface area (Å²) in [5.41, 5.74) is 2.93. The number of nitrogens with one attached hydrogen (secondary N) is 1. The van der Waals surface area contributed by atoms with Crippen LogP contribution < -0.4 is 10.1 Å². The van der Waals surface area contributed by atoms with Crippen molar-refractivity contribution in [1.82, 2.24) is 0 Å². The zero-order valence-electron chi connectivity index (χ0n) is 18.2. The van der Waals surface area contributed by atoms with Gasteiger partial charge in [0.25, 0.3) is 5.69 Å². The molecule has 2 aromatic rings. The number of nitro benzene ring substituents is 1. The van der Waals surface area contributed by atoms with E-state index in [9.17, 15) is 14.9 Å². The molecule has 160 valence electrons. The second-order valence-electron chi connectivity index (χ2n) is 8.51. The molecule has 1 N–H and O–H groups in total. The van der Waals surface area contributed by atoms with Crippen molar-refractivity contribution in [3.8, 4) is 5.75 Å². The van der Waals surface area contributed by atoms with Gasteiger partial charge in [-0.15, -0.1) is 0 Å². The van der Waals surface area contributed by atoms with Gasteiger partial charge in [-0.25, -0.2) is 0 Å². The molecule has 2 aromatic carbocycles. The van der Waals surface area contributed by atoms with E-state index >= 15 is 0 Å². The fourth-order valence-electron chi connectivity index (χ4n) is 4.40. The molecule has 0 aliphatic heterocycles. The topological polar surface area (TPSA) is 81.5 Å². The highest BCUT2D eigenvalue weighted by atomic mass is 16.6. The van der Waals surface area contributed by atoms with Crippen molar-refractivity contribution < 1.29 is 14.5 Å². The van der Waals surface area contributed by atoms with Gasteiger partial charge in [0.05, 0.1) is 16.4 Å². The van der Waals surface area contributed by atoms with Crippen LogP contribution in [-0.2, 0) is 10.2 Å². The van der Waals surface area contributed by atoms with Crippen molar-refractivity contribution in [3.63, 3.8) is 0 Å². The maximum atomic E-state index is 13.5. The van der Waals surface area contributed by atoms with Crippen LogP contribution in [0.15, 0.2) is 36.4 Å². The lowest BCUT2D eigenvalue weighted by molar-refractivity contribution is -0.384. The van der Waals surface area contributed by atoms with E-state index in [0.29, 0.717) is 0 Å². The zero-order valence-corrected chi connectivity index (χ0v) is 18.2. The summed E-state index contributed by atoms with van der Waals surface area (Å²) in [7, 11) is 0. The molecule has 3 rings (SSSR count). The van der Waals surface area contributed by atoms with Crippen molar-refractivity contribution >= 4 is 17.3 Å². The van der Waals surface area contributed by atoms with E-state index in [2.05, 4.69) is 5.32 Å². The number of hydrogen-bond acceptors (Lipinski definition) is 4. The monoisotopic (exact) mass is 410 g/mol. The fraction of sp³-hybridized carbons (Fsp3) is 0.458. The molecule has 1 aliphatic carbocycles. The molecule has 6 heteroatoms. The SMILES string of the molecule is Cc1cc(NC(=O)C2(c3ccc([N+](=O)[O-])cc3)CCCCC2)cc(C)c1OC(C)C. The molecule has 0 spiro atoms. The summed E-state index contributed by atoms with van der Waals surface area (Å²) in [4.78, 5) is 24.1. The van der Waals surface area contributed by atoms with E-state index in [1.54, 1.807) is 12.1 Å². The minimum absolute atomic E-state index is 0.0390. The van der Waals surface area contributed by atoms with E-state index in [-0.39, 0.29) is 17.7 Å². The van der Waals surface area contributed by atoms with Crippen LogP contribution in [0.2, 0.25) is 0 Å². The molecule has 0 radical (unpaired) electrons. The van der Waals surface area contributed by atoms with Gasteiger partial charge < -0.3 is 10.1 Å². The average molecular weight is 411 g/mol. The van der Waals surface area contributed by atoms with E-state index in [0.717, 1.165) is 60.2 Å². The second kappa shape index (κ2) is 8.86. The van der Waals surface area contributed by atoms with Crippen LogP contribution in [0.5, 0.6) is 5.75 Å². The Morgan fingerprint density at radius 2 is 1.63 bits per heavy atom. The van der Waals surface area contributed by atoms with Crippen molar-refractivity contribution in [3.05, 3.63) is 63.2 Å². The lowest BCUT2D eigenvalue weighted by atomic mass is 9.68. The number of rotatable bonds is 6. The Balaban J connectivity index is 1.90. The summed E-state index contributed by atoms with van der Waals surface area (Å²) in [6, 6.07) is 10.3. The van der Waals surface area contributed by atoms with Gasteiger partial charge in [-0.05, 0) is 69.4 Å². The van der Waals surface area contributed by atoms with Crippen molar-refractivity contribution in [2.75, 3.05) is 5.32 Å². The summed E-state index contributed by atoms with van der Waals surface area (Å²) in [5.74, 6) is 0.804. The number of benzene rings is 2. The van der Waals surface area contributed by atoms with Crippen LogP contribution >= 0.6 is 0 Å². The van der Waals surface area contributed by atoms with Crippen LogP contribution in [-0.4, -0.2) is 16.9 Å². The number of hydrogen-bond donors (Lipinski definition) is 1. The maximum absolute atomic E-state index is 13.5. The number of aryl methyl sites for hydroxylation is 2. The van der Waals surface area contributed by atoms with E-state index in [1.165, 1.54) is 12.1 Å². The summed E-state index contributed by atoms with van der Waals surface area (Å²) in [6.07, 6.45) is 4.58. The number of carbonyl (C=O) groups is 1. The first-order valence-corrected chi connectivity index (χ1v) is 10.6. The highest BCUT2D eigenvalue weighted by Gasteiger charge is 2.41. The first kappa shape index (κ1) is 21.8. The normalized spacial score (nSPS) is 15.6. The van der Waals surface area contributed by atoms with Crippen LogP contribution in [0.3, 0.4) is 0 Å². The summed E-state index contributed by atoms with van der Waals surface area (Å²) in [6.45, 7) is 7.94. The molecule has 0 saturated heterocycles. The number of anilines is 1. The molecule has 1 fully saturated rings. The highest BCUT2D eigenvalue weighted by Crippen LogP contribution is 2.41. The van der Waals surface area contributed by atoms with E-state index < -0.39 is 10.3 Å². The van der Waals surface area contributed by atoms with E-state index in [1.807, 2.05) is 39.8 Å². The largest absolute Gasteiger partial charge is 0.490 e. The lowest BCUT2D eigenvalue weighted by Gasteiger charge is -2.36. The predicted molar refractivity (Wildman–Crippen MR) is 118 cm³/mol. The Morgan fingerprint density at radius 3 is 2.13 bits per heavy atom. The van der Waals surface area contributed by atoms with Gasteiger partial charge in [-0.3, -0.25) is 14.9 Å². The molecule has 0 heterocycles. The van der Waals surface area contributed by atoms with Crippen molar-refractivity contribution in [2.45, 2.75) is 71.3 Å². The molecule has 1 saturated carbocycles. The minimum atomic E-state index is -0.664. The Kier molecular flexibility index (Phi) is 6.44. The Hall–Kier alpha value is -2.89. The number of carbonyl (C=O) groups excluding carboxylic acids is 1. The molecule has 1 aliphatic rings. The van der Waals surface area contributed by atoms with Crippen molar-refractivity contribution in [2.24, 2.45) is 0 Å². The van der Waals surface area contributed by atoms with Crippen LogP contribution in [0, 0.1) is 24.0 Å². The summed E-state index contributed by atoms with van der Waals surface area (Å²) >= 11 is 0. The quantitative estimate of drug-likeness (QED) is 0.479. The summed E-state index contributed by atoms with van der Waals surface area (Å²) < 4.78 is 5.90. The smallest absolute Gasteiger partial charge is 0.269 e. The number of nitro groups is 1. The zero-order chi connectivity index (χ0) is 21.9. The maximum Gasteiger partial charge on any atom is 0.269 e. The van der Waals surface area contributed by atoms with Crippen LogP contribution in [0.1, 0.15) is 62.6 Å². The fourth-order valence-corrected chi connectivity index (χ4v) is 4.40. The molecule has 0 bridgehead atoms. The molecular weight excluding hydrogens is 380 g/mol. The number of nitrogens with zero attached hydrogens (tertiary/aromatic N) is 1. The van der Waals surface area contributed by atoms with Gasteiger partial charge in [0.2, 0.25) is 5.91 Å². The third kappa shape index (κ3) is 4.48. The summed E-state index contributed by atoms with van der Waals surface area (Å²) in [5, 5.41) is 14.1. The third-order valence-corrected chi connectivity index (χ3v) is 5.84. The van der Waals surface area contributed by atoms with Crippen LogP contribution in [0.4, 0.5) is 11.4 Å². The number of amides is 1. The molecule has 0 aromatic heterocycles. The number of ether oxygens (including phenoxy) is 1. The Morgan fingerprint density at radius 1 is 1.07 bits per heavy atom. The molecule has 1 amide bonds. The Labute approximate surface area is 177 Å². The van der Waals surface area contributed by atoms with Gasteiger partial charge in [-0.1, -0.05) is 31.4 Å². The predicted octanol–water partition coefficient (Wildman–Crippen LogP) is 5.84. The van der Waals surface area contributed by atoms with Crippen LogP contribution in [0.25, 0.3) is 0 Å². The molecule has 0 atom stereocenters. The second-order valence-corrected chi connectivity index (χ2v) is 8.51. The highest BCUT2D eigenvalue weighted by molar-refractivity contribution is 5.99. The average Bonchev–Trinajstić information content (AvgIpc) is 2.71. The van der Waals surface area contributed by atoms with Gasteiger partial charge >= 0.3 is 0 Å². The molecular formula is C24H30N2O4. The molecule has 6 nitrogen and oxygen atoms in total. The standard InChI is InChI=1S/C24H30N2O4/c1-16(2)30-22-17(3)14-20(15-18(22)4)25-23(27)24(12-6-5-7-13-24)19-8-10-21(11-9-19)26(28)29/h8-11,14-16H,5-7,12-13H2,1-4H3,(H,25,27). The first-order valence-electron chi connectivity index (χ1n) is 10.6.